The fraction of sp³-hybridized carbons (Fsp3) is 0.231. The lowest BCUT2D eigenvalue weighted by molar-refractivity contribution is 0.0695. The molecule has 0 spiro atoms. The van der Waals surface area contributed by atoms with Crippen LogP contribution in [0.15, 0.2) is 22.6 Å². The highest BCUT2D eigenvalue weighted by atomic mass is 35.5. The molecule has 0 aliphatic rings. The second-order valence-corrected chi connectivity index (χ2v) is 6.03. The van der Waals surface area contributed by atoms with Gasteiger partial charge in [0.1, 0.15) is 17.1 Å². The van der Waals surface area contributed by atoms with Crippen LogP contribution in [0.3, 0.4) is 0 Å². The third kappa shape index (κ3) is 4.24. The van der Waals surface area contributed by atoms with Crippen molar-refractivity contribution in [3.63, 3.8) is 0 Å². The molecule has 3 N–H and O–H groups in total. The third-order valence-electron chi connectivity index (χ3n) is 2.67. The van der Waals surface area contributed by atoms with Crippen molar-refractivity contribution in [2.45, 2.75) is 20.0 Å². The Morgan fingerprint density at radius 2 is 2.05 bits per heavy atom. The number of thiophene rings is 1. The molecule has 0 atom stereocenters. The third-order valence-corrected chi connectivity index (χ3v) is 3.91. The van der Waals surface area contributed by atoms with Gasteiger partial charge in [0.15, 0.2) is 0 Å². The van der Waals surface area contributed by atoms with E-state index >= 15 is 0 Å². The van der Waals surface area contributed by atoms with Crippen molar-refractivity contribution >= 4 is 34.9 Å². The Balaban J connectivity index is 1.81. The minimum Gasteiger partial charge on any atom is -0.478 e. The van der Waals surface area contributed by atoms with Crippen molar-refractivity contribution in [1.82, 2.24) is 10.6 Å². The molecule has 0 aliphatic heterocycles. The summed E-state index contributed by atoms with van der Waals surface area (Å²) in [5.41, 5.74) is 0.0976. The molecule has 0 aromatic carbocycles. The summed E-state index contributed by atoms with van der Waals surface area (Å²) >= 11 is 7.18. The minimum absolute atomic E-state index is 0.0976. The number of amides is 2. The first-order valence-electron chi connectivity index (χ1n) is 6.04. The fourth-order valence-corrected chi connectivity index (χ4v) is 2.71. The molecule has 0 radical (unpaired) electrons. The Hall–Kier alpha value is -1.99. The topological polar surface area (TPSA) is 91.6 Å². The summed E-state index contributed by atoms with van der Waals surface area (Å²) in [4.78, 5) is 23.4. The Kier molecular flexibility index (Phi) is 4.87. The molecule has 2 heterocycles. The van der Waals surface area contributed by atoms with Gasteiger partial charge in [0, 0.05) is 4.88 Å². The molecule has 2 aromatic rings. The number of aromatic carboxylic acids is 1. The number of hydrogen-bond donors (Lipinski definition) is 3. The zero-order valence-electron chi connectivity index (χ0n) is 11.1. The second kappa shape index (κ2) is 6.64. The predicted molar refractivity (Wildman–Crippen MR) is 78.8 cm³/mol. The standard InChI is InChI=1S/C13H13ClN2O4S/c1-7-10(12(17)18)4-8(20-7)5-15-13(19)16-6-9-2-3-11(14)21-9/h2-4H,5-6H2,1H3,(H,17,18)(H2,15,16,19). The molecule has 2 aromatic heterocycles. The summed E-state index contributed by atoms with van der Waals surface area (Å²) in [5.74, 6) is -0.353. The van der Waals surface area contributed by atoms with Crippen molar-refractivity contribution in [1.29, 1.82) is 0 Å². The largest absolute Gasteiger partial charge is 0.478 e. The van der Waals surface area contributed by atoms with Gasteiger partial charge in [-0.3, -0.25) is 0 Å². The van der Waals surface area contributed by atoms with Gasteiger partial charge in [0.25, 0.3) is 0 Å². The van der Waals surface area contributed by atoms with Crippen molar-refractivity contribution in [3.8, 4) is 0 Å². The average Bonchev–Trinajstić information content (AvgIpc) is 3.00. The summed E-state index contributed by atoms with van der Waals surface area (Å²) in [7, 11) is 0. The Labute approximate surface area is 129 Å². The number of halogens is 1. The minimum atomic E-state index is -1.05. The highest BCUT2D eigenvalue weighted by molar-refractivity contribution is 7.16. The van der Waals surface area contributed by atoms with Crippen molar-refractivity contribution in [3.05, 3.63) is 44.5 Å². The molecule has 0 aliphatic carbocycles. The van der Waals surface area contributed by atoms with Crippen LogP contribution in [0, 0.1) is 6.92 Å². The van der Waals surface area contributed by atoms with Crippen LogP contribution in [0.1, 0.15) is 26.8 Å². The number of nitrogens with one attached hydrogen (secondary N) is 2. The summed E-state index contributed by atoms with van der Waals surface area (Å²) in [6.07, 6.45) is 0. The molecule has 0 bridgehead atoms. The highest BCUT2D eigenvalue weighted by Gasteiger charge is 2.14. The van der Waals surface area contributed by atoms with Crippen LogP contribution in [-0.4, -0.2) is 17.1 Å². The van der Waals surface area contributed by atoms with Gasteiger partial charge in [0.05, 0.1) is 17.4 Å². The van der Waals surface area contributed by atoms with Crippen LogP contribution in [0.25, 0.3) is 0 Å². The number of carbonyl (C=O) groups is 2. The lowest BCUT2D eigenvalue weighted by Crippen LogP contribution is -2.34. The monoisotopic (exact) mass is 328 g/mol. The molecule has 2 rings (SSSR count). The predicted octanol–water partition coefficient (Wildman–Crippen LogP) is 3.00. The van der Waals surface area contributed by atoms with Gasteiger partial charge in [-0.15, -0.1) is 11.3 Å². The SMILES string of the molecule is Cc1oc(CNC(=O)NCc2ccc(Cl)s2)cc1C(=O)O. The van der Waals surface area contributed by atoms with Crippen molar-refractivity contribution in [2.75, 3.05) is 0 Å². The van der Waals surface area contributed by atoms with Crippen LogP contribution < -0.4 is 10.6 Å². The number of hydrogen-bond acceptors (Lipinski definition) is 4. The molecule has 8 heteroatoms. The maximum absolute atomic E-state index is 11.6. The number of carboxylic acid groups (broad SMARTS) is 1. The summed E-state index contributed by atoms with van der Waals surface area (Å²) in [5, 5.41) is 14.2. The van der Waals surface area contributed by atoms with Crippen LogP contribution in [-0.2, 0) is 13.1 Å². The second-order valence-electron chi connectivity index (χ2n) is 4.23. The van der Waals surface area contributed by atoms with E-state index in [1.807, 2.05) is 6.07 Å². The molecular weight excluding hydrogens is 316 g/mol. The van der Waals surface area contributed by atoms with E-state index in [1.165, 1.54) is 17.4 Å². The van der Waals surface area contributed by atoms with Gasteiger partial charge >= 0.3 is 12.0 Å². The van der Waals surface area contributed by atoms with Crippen LogP contribution in [0.4, 0.5) is 4.79 Å². The Morgan fingerprint density at radius 3 is 2.62 bits per heavy atom. The zero-order chi connectivity index (χ0) is 15.4. The van der Waals surface area contributed by atoms with E-state index in [1.54, 1.807) is 13.0 Å². The summed E-state index contributed by atoms with van der Waals surface area (Å²) in [6, 6.07) is 4.63. The highest BCUT2D eigenvalue weighted by Crippen LogP contribution is 2.21. The van der Waals surface area contributed by atoms with Gasteiger partial charge in [-0.2, -0.15) is 0 Å². The van der Waals surface area contributed by atoms with Gasteiger partial charge in [-0.25, -0.2) is 9.59 Å². The van der Waals surface area contributed by atoms with Gasteiger partial charge in [-0.1, -0.05) is 11.6 Å². The number of carboxylic acids is 1. The normalized spacial score (nSPS) is 10.4. The molecule has 112 valence electrons. The van der Waals surface area contributed by atoms with E-state index in [9.17, 15) is 9.59 Å². The van der Waals surface area contributed by atoms with Gasteiger partial charge in [-0.05, 0) is 25.1 Å². The molecular formula is C13H13ClN2O4S. The maximum atomic E-state index is 11.6. The quantitative estimate of drug-likeness (QED) is 0.786. The molecule has 6 nitrogen and oxygen atoms in total. The first-order chi connectivity index (χ1) is 9.95. The molecule has 0 saturated heterocycles. The lowest BCUT2D eigenvalue weighted by atomic mass is 10.2. The number of urea groups is 1. The summed E-state index contributed by atoms with van der Waals surface area (Å²) in [6.45, 7) is 2.06. The number of rotatable bonds is 5. The first-order valence-corrected chi connectivity index (χ1v) is 7.23. The zero-order valence-corrected chi connectivity index (χ0v) is 12.7. The van der Waals surface area contributed by atoms with E-state index in [4.69, 9.17) is 21.1 Å². The van der Waals surface area contributed by atoms with Crippen molar-refractivity contribution < 1.29 is 19.1 Å². The van der Waals surface area contributed by atoms with Gasteiger partial charge in [0.2, 0.25) is 0 Å². The lowest BCUT2D eigenvalue weighted by Gasteiger charge is -2.04. The van der Waals surface area contributed by atoms with E-state index in [2.05, 4.69) is 10.6 Å². The average molecular weight is 329 g/mol. The fourth-order valence-electron chi connectivity index (χ4n) is 1.69. The van der Waals surface area contributed by atoms with E-state index in [0.717, 1.165) is 4.88 Å². The first kappa shape index (κ1) is 15.4. The number of carbonyl (C=O) groups excluding carboxylic acids is 1. The molecule has 0 fully saturated rings. The number of aryl methyl sites for hydroxylation is 1. The van der Waals surface area contributed by atoms with Crippen LogP contribution in [0.5, 0.6) is 0 Å². The van der Waals surface area contributed by atoms with Crippen molar-refractivity contribution in [2.24, 2.45) is 0 Å². The van der Waals surface area contributed by atoms with E-state index in [0.29, 0.717) is 22.4 Å². The Morgan fingerprint density at radius 1 is 1.33 bits per heavy atom. The molecule has 0 saturated carbocycles. The smallest absolute Gasteiger partial charge is 0.339 e. The van der Waals surface area contributed by atoms with E-state index < -0.39 is 5.97 Å². The van der Waals surface area contributed by atoms with Crippen LogP contribution in [0.2, 0.25) is 4.34 Å². The molecule has 0 unspecified atom stereocenters. The van der Waals surface area contributed by atoms with E-state index in [-0.39, 0.29) is 18.1 Å². The number of furan rings is 1. The Bertz CT molecular complexity index is 665. The molecule has 21 heavy (non-hydrogen) atoms. The molecule has 2 amide bonds. The van der Waals surface area contributed by atoms with Gasteiger partial charge < -0.3 is 20.2 Å². The van der Waals surface area contributed by atoms with Crippen LogP contribution >= 0.6 is 22.9 Å². The summed E-state index contributed by atoms with van der Waals surface area (Å²) < 4.78 is 5.92. The maximum Gasteiger partial charge on any atom is 0.339 e.